The number of nitrogens with zero attached hydrogens (tertiary/aromatic N) is 1. The predicted octanol–water partition coefficient (Wildman–Crippen LogP) is 3.92. The van der Waals surface area contributed by atoms with Crippen molar-refractivity contribution in [3.63, 3.8) is 0 Å². The monoisotopic (exact) mass is 514 g/mol. The summed E-state index contributed by atoms with van der Waals surface area (Å²) in [6.07, 6.45) is -0.246. The van der Waals surface area contributed by atoms with E-state index in [1.54, 1.807) is 18.2 Å². The van der Waals surface area contributed by atoms with Crippen LogP contribution in [0.4, 0.5) is 10.1 Å². The Morgan fingerprint density at radius 2 is 1.93 bits per heavy atom. The fraction of sp³-hybridized carbons (Fsp3) is 0.333. The Balaban J connectivity index is 0.00000420. The van der Waals surface area contributed by atoms with Crippen LogP contribution in [-0.4, -0.2) is 31.1 Å². The van der Waals surface area contributed by atoms with Crippen LogP contribution in [0.2, 0.25) is 0 Å². The van der Waals surface area contributed by atoms with Crippen LogP contribution in [0, 0.1) is 5.82 Å². The number of carbonyl (C=O) groups is 1. The lowest BCUT2D eigenvalue weighted by molar-refractivity contribution is -0.114. The zero-order chi connectivity index (χ0) is 20.4. The summed E-state index contributed by atoms with van der Waals surface area (Å²) in [6.45, 7) is 6.94. The van der Waals surface area contributed by atoms with Crippen molar-refractivity contribution in [2.24, 2.45) is 4.99 Å². The van der Waals surface area contributed by atoms with Gasteiger partial charge in [0.1, 0.15) is 6.10 Å². The molecule has 0 bridgehead atoms. The van der Waals surface area contributed by atoms with E-state index in [2.05, 4.69) is 20.9 Å². The third-order valence-electron chi connectivity index (χ3n) is 3.73. The first kappa shape index (κ1) is 24.7. The highest BCUT2D eigenvalue weighted by atomic mass is 127. The van der Waals surface area contributed by atoms with Gasteiger partial charge in [-0.3, -0.25) is 4.79 Å². The topological polar surface area (TPSA) is 74.8 Å². The molecule has 0 saturated heterocycles. The van der Waals surface area contributed by atoms with Crippen LogP contribution >= 0.6 is 24.0 Å². The molecule has 2 aromatic rings. The van der Waals surface area contributed by atoms with Crippen LogP contribution in [0.1, 0.15) is 26.3 Å². The van der Waals surface area contributed by atoms with E-state index in [1.165, 1.54) is 13.0 Å². The molecule has 2 aromatic carbocycles. The number of ether oxygens (including phenoxy) is 1. The number of para-hydroxylation sites is 1. The molecular weight excluding hydrogens is 486 g/mol. The minimum atomic E-state index is -0.381. The molecule has 158 valence electrons. The summed E-state index contributed by atoms with van der Waals surface area (Å²) in [7, 11) is 0. The van der Waals surface area contributed by atoms with E-state index in [-0.39, 0.29) is 47.6 Å². The van der Waals surface area contributed by atoms with Gasteiger partial charge in [-0.05, 0) is 43.7 Å². The van der Waals surface area contributed by atoms with Gasteiger partial charge in [-0.1, -0.05) is 24.3 Å². The smallest absolute Gasteiger partial charge is 0.221 e. The molecule has 8 heteroatoms. The highest BCUT2D eigenvalue weighted by Crippen LogP contribution is 2.16. The summed E-state index contributed by atoms with van der Waals surface area (Å²) < 4.78 is 19.3. The number of aliphatic imine (C=N–C) groups is 1. The van der Waals surface area contributed by atoms with E-state index in [0.29, 0.717) is 25.6 Å². The minimum Gasteiger partial charge on any atom is -0.486 e. The first-order valence-electron chi connectivity index (χ1n) is 9.27. The second-order valence-electron chi connectivity index (χ2n) is 6.32. The normalized spacial score (nSPS) is 11.8. The molecule has 3 N–H and O–H groups in total. The number of benzene rings is 2. The van der Waals surface area contributed by atoms with Gasteiger partial charge in [-0.2, -0.15) is 0 Å². The van der Waals surface area contributed by atoms with Gasteiger partial charge in [0.05, 0.1) is 13.1 Å². The second-order valence-corrected chi connectivity index (χ2v) is 6.32. The van der Waals surface area contributed by atoms with Crippen LogP contribution in [0.5, 0.6) is 5.75 Å². The van der Waals surface area contributed by atoms with E-state index in [1.807, 2.05) is 38.1 Å². The van der Waals surface area contributed by atoms with Crippen LogP contribution in [0.25, 0.3) is 0 Å². The second kappa shape index (κ2) is 13.0. The maximum Gasteiger partial charge on any atom is 0.221 e. The molecule has 2 rings (SSSR count). The summed E-state index contributed by atoms with van der Waals surface area (Å²) in [4.78, 5) is 15.7. The number of nitrogens with one attached hydrogen (secondary N) is 3. The van der Waals surface area contributed by atoms with Crippen LogP contribution in [0.3, 0.4) is 0 Å². The van der Waals surface area contributed by atoms with Gasteiger partial charge in [0, 0.05) is 19.2 Å². The number of anilines is 1. The number of carbonyl (C=O) groups excluding carboxylic acids is 1. The summed E-state index contributed by atoms with van der Waals surface area (Å²) in [5.41, 5.74) is 1.71. The number of hydrogen-bond donors (Lipinski definition) is 3. The van der Waals surface area contributed by atoms with Crippen molar-refractivity contribution in [2.45, 2.75) is 33.4 Å². The minimum absolute atomic E-state index is 0. The van der Waals surface area contributed by atoms with Crippen molar-refractivity contribution < 1.29 is 13.9 Å². The zero-order valence-electron chi connectivity index (χ0n) is 16.9. The molecule has 6 nitrogen and oxygen atoms in total. The third-order valence-corrected chi connectivity index (χ3v) is 3.73. The van der Waals surface area contributed by atoms with Crippen LogP contribution < -0.4 is 20.7 Å². The highest BCUT2D eigenvalue weighted by molar-refractivity contribution is 14.0. The van der Waals surface area contributed by atoms with Gasteiger partial charge in [0.15, 0.2) is 17.5 Å². The van der Waals surface area contributed by atoms with E-state index in [4.69, 9.17) is 4.74 Å². The molecule has 0 aliphatic carbocycles. The van der Waals surface area contributed by atoms with E-state index >= 15 is 0 Å². The Morgan fingerprint density at radius 3 is 2.62 bits per heavy atom. The molecule has 0 heterocycles. The van der Waals surface area contributed by atoms with Crippen molar-refractivity contribution in [2.75, 3.05) is 18.4 Å². The van der Waals surface area contributed by atoms with Crippen LogP contribution in [0.15, 0.2) is 53.5 Å². The number of rotatable bonds is 8. The molecule has 0 spiro atoms. The SMILES string of the molecule is CCNC(=NCc1cccc(NC(C)=O)c1)NCC(C)Oc1ccccc1F.I. The highest BCUT2D eigenvalue weighted by Gasteiger charge is 2.09. The molecule has 0 radical (unpaired) electrons. The molecule has 1 atom stereocenters. The van der Waals surface area contributed by atoms with Crippen molar-refractivity contribution in [1.29, 1.82) is 0 Å². The third kappa shape index (κ3) is 9.12. The lowest BCUT2D eigenvalue weighted by atomic mass is 10.2. The summed E-state index contributed by atoms with van der Waals surface area (Å²) in [6, 6.07) is 13.9. The van der Waals surface area contributed by atoms with Crippen molar-refractivity contribution in [3.05, 3.63) is 59.9 Å². The van der Waals surface area contributed by atoms with Gasteiger partial charge in [0.25, 0.3) is 0 Å². The number of guanidine groups is 1. The van der Waals surface area contributed by atoms with Crippen molar-refractivity contribution >= 4 is 41.5 Å². The molecular formula is C21H28FIN4O2. The Kier molecular flexibility index (Phi) is 11.0. The van der Waals surface area contributed by atoms with Crippen LogP contribution in [-0.2, 0) is 11.3 Å². The molecule has 0 saturated carbocycles. The summed E-state index contributed by atoms with van der Waals surface area (Å²) in [5.74, 6) is 0.374. The van der Waals surface area contributed by atoms with Gasteiger partial charge in [-0.15, -0.1) is 24.0 Å². The standard InChI is InChI=1S/C21H27FN4O2.HI/c1-4-23-21(24-13-15(2)28-20-11-6-5-10-19(20)22)25-14-17-8-7-9-18(12-17)26-16(3)27;/h5-12,15H,4,13-14H2,1-3H3,(H,26,27)(H2,23,24,25);1H. The van der Waals surface area contributed by atoms with E-state index in [0.717, 1.165) is 11.3 Å². The quantitative estimate of drug-likeness (QED) is 0.284. The van der Waals surface area contributed by atoms with Gasteiger partial charge in [0.2, 0.25) is 5.91 Å². The summed E-state index contributed by atoms with van der Waals surface area (Å²) >= 11 is 0. The van der Waals surface area contributed by atoms with E-state index in [9.17, 15) is 9.18 Å². The first-order valence-corrected chi connectivity index (χ1v) is 9.27. The lowest BCUT2D eigenvalue weighted by Crippen LogP contribution is -2.41. The largest absolute Gasteiger partial charge is 0.486 e. The Hall–Kier alpha value is -2.36. The first-order chi connectivity index (χ1) is 13.5. The molecule has 1 unspecified atom stereocenters. The fourth-order valence-electron chi connectivity index (χ4n) is 2.50. The maximum atomic E-state index is 13.7. The zero-order valence-corrected chi connectivity index (χ0v) is 19.2. The molecule has 0 aliphatic heterocycles. The Morgan fingerprint density at radius 1 is 1.17 bits per heavy atom. The van der Waals surface area contributed by atoms with Gasteiger partial charge < -0.3 is 20.7 Å². The van der Waals surface area contributed by atoms with Crippen molar-refractivity contribution in [1.82, 2.24) is 10.6 Å². The van der Waals surface area contributed by atoms with Crippen molar-refractivity contribution in [3.8, 4) is 5.75 Å². The Bertz CT molecular complexity index is 817. The fourth-order valence-corrected chi connectivity index (χ4v) is 2.50. The molecule has 0 aromatic heterocycles. The lowest BCUT2D eigenvalue weighted by Gasteiger charge is -2.18. The number of hydrogen-bond acceptors (Lipinski definition) is 3. The van der Waals surface area contributed by atoms with Gasteiger partial charge >= 0.3 is 0 Å². The average Bonchev–Trinajstić information content (AvgIpc) is 2.65. The Labute approximate surface area is 188 Å². The molecule has 29 heavy (non-hydrogen) atoms. The number of amides is 1. The molecule has 1 amide bonds. The molecule has 0 aliphatic rings. The van der Waals surface area contributed by atoms with E-state index < -0.39 is 0 Å². The van der Waals surface area contributed by atoms with Gasteiger partial charge in [-0.25, -0.2) is 9.38 Å². The predicted molar refractivity (Wildman–Crippen MR) is 125 cm³/mol. The average molecular weight is 514 g/mol. The summed E-state index contributed by atoms with van der Waals surface area (Å²) in [5, 5.41) is 9.13. The number of halogens is 2. The molecule has 0 fully saturated rings. The maximum absolute atomic E-state index is 13.7.